The zero-order valence-corrected chi connectivity index (χ0v) is 10.9. The first-order valence-corrected chi connectivity index (χ1v) is 6.58. The largest absolute Gasteiger partial charge is 0.321 e. The van der Waals surface area contributed by atoms with Gasteiger partial charge in [-0.05, 0) is 35.4 Å². The standard InChI is InChI=1S/C16H10N2O3/c19-16-12-4-2-1-3-11(12)14-7-9-5-6-10(18(20)21)8-13(9)15(14)17-16/h1-2,4-8H,3H2,(H,17,19). The van der Waals surface area contributed by atoms with Crippen LogP contribution < -0.4 is 16.0 Å². The number of H-pyrrole nitrogens is 1. The van der Waals surface area contributed by atoms with Gasteiger partial charge in [0, 0.05) is 28.1 Å². The molecule has 0 saturated heterocycles. The Hall–Kier alpha value is -2.95. The highest BCUT2D eigenvalue weighted by Gasteiger charge is 2.14. The summed E-state index contributed by atoms with van der Waals surface area (Å²) in [7, 11) is 0. The van der Waals surface area contributed by atoms with Gasteiger partial charge in [0.1, 0.15) is 0 Å². The van der Waals surface area contributed by atoms with Crippen LogP contribution >= 0.6 is 0 Å². The van der Waals surface area contributed by atoms with Crippen LogP contribution in [0.25, 0.3) is 12.2 Å². The first-order valence-electron chi connectivity index (χ1n) is 6.58. The van der Waals surface area contributed by atoms with Crippen molar-refractivity contribution in [3.8, 4) is 0 Å². The molecule has 1 N–H and O–H groups in total. The molecule has 21 heavy (non-hydrogen) atoms. The quantitative estimate of drug-likeness (QED) is 0.523. The number of fused-ring (bicyclic) bond motifs is 4. The predicted molar refractivity (Wildman–Crippen MR) is 78.0 cm³/mol. The minimum absolute atomic E-state index is 0.0278. The lowest BCUT2D eigenvalue weighted by atomic mass is 10.0. The highest BCUT2D eigenvalue weighted by Crippen LogP contribution is 2.15. The topological polar surface area (TPSA) is 76.0 Å². The highest BCUT2D eigenvalue weighted by atomic mass is 16.6. The van der Waals surface area contributed by atoms with Crippen LogP contribution in [0.2, 0.25) is 0 Å². The maximum absolute atomic E-state index is 12.2. The second-order valence-corrected chi connectivity index (χ2v) is 5.11. The molecule has 2 aromatic rings. The van der Waals surface area contributed by atoms with Gasteiger partial charge in [-0.25, -0.2) is 0 Å². The summed E-state index contributed by atoms with van der Waals surface area (Å²) < 4.78 is 0. The molecule has 0 aliphatic heterocycles. The number of nitrogens with one attached hydrogen (secondary N) is 1. The minimum Gasteiger partial charge on any atom is -0.321 e. The number of aromatic nitrogens is 1. The van der Waals surface area contributed by atoms with E-state index >= 15 is 0 Å². The zero-order chi connectivity index (χ0) is 14.6. The number of rotatable bonds is 1. The van der Waals surface area contributed by atoms with Crippen LogP contribution in [0.15, 0.2) is 35.1 Å². The van der Waals surface area contributed by atoms with Gasteiger partial charge in [-0.1, -0.05) is 12.2 Å². The Morgan fingerprint density at radius 2 is 2.14 bits per heavy atom. The highest BCUT2D eigenvalue weighted by molar-refractivity contribution is 5.61. The lowest BCUT2D eigenvalue weighted by molar-refractivity contribution is -0.384. The first-order chi connectivity index (χ1) is 10.1. The van der Waals surface area contributed by atoms with E-state index in [0.29, 0.717) is 22.2 Å². The predicted octanol–water partition coefficient (Wildman–Crippen LogP) is 0.605. The molecule has 1 aromatic carbocycles. The summed E-state index contributed by atoms with van der Waals surface area (Å²) in [5.74, 6) is 0. The summed E-state index contributed by atoms with van der Waals surface area (Å²) in [5, 5.41) is 13.9. The van der Waals surface area contributed by atoms with Crippen LogP contribution in [0, 0.1) is 20.7 Å². The Kier molecular flexibility index (Phi) is 2.27. The van der Waals surface area contributed by atoms with Crippen LogP contribution in [0.1, 0.15) is 11.1 Å². The number of benzene rings is 1. The van der Waals surface area contributed by atoms with Gasteiger partial charge >= 0.3 is 0 Å². The van der Waals surface area contributed by atoms with Gasteiger partial charge in [0.2, 0.25) is 0 Å². The smallest absolute Gasteiger partial charge is 0.270 e. The third-order valence-electron chi connectivity index (χ3n) is 3.94. The summed E-state index contributed by atoms with van der Waals surface area (Å²) in [4.78, 5) is 25.5. The zero-order valence-electron chi connectivity index (χ0n) is 10.9. The van der Waals surface area contributed by atoms with E-state index in [9.17, 15) is 14.9 Å². The average Bonchev–Trinajstić information content (AvgIpc) is 2.85. The van der Waals surface area contributed by atoms with E-state index in [0.717, 1.165) is 16.3 Å². The van der Waals surface area contributed by atoms with Gasteiger partial charge in [0.05, 0.1) is 10.3 Å². The Bertz CT molecular complexity index is 1110. The van der Waals surface area contributed by atoms with Crippen LogP contribution in [0.5, 0.6) is 0 Å². The summed E-state index contributed by atoms with van der Waals surface area (Å²) in [6, 6.07) is 4.72. The molecule has 1 heterocycles. The number of pyridine rings is 1. The van der Waals surface area contributed by atoms with Crippen molar-refractivity contribution in [1.29, 1.82) is 0 Å². The second-order valence-electron chi connectivity index (χ2n) is 5.11. The van der Waals surface area contributed by atoms with Crippen molar-refractivity contribution in [2.75, 3.05) is 0 Å². The van der Waals surface area contributed by atoms with Crippen LogP contribution in [0.4, 0.5) is 5.69 Å². The number of hydrogen-bond acceptors (Lipinski definition) is 3. The van der Waals surface area contributed by atoms with Crippen molar-refractivity contribution in [1.82, 2.24) is 4.98 Å². The third-order valence-corrected chi connectivity index (χ3v) is 3.94. The normalized spacial score (nSPS) is 13.7. The van der Waals surface area contributed by atoms with Gasteiger partial charge < -0.3 is 4.98 Å². The second kappa shape index (κ2) is 4.02. The van der Waals surface area contributed by atoms with E-state index in [2.05, 4.69) is 4.98 Å². The molecule has 0 radical (unpaired) electrons. The first kappa shape index (κ1) is 11.8. The van der Waals surface area contributed by atoms with Crippen LogP contribution in [-0.4, -0.2) is 9.91 Å². The molecule has 0 spiro atoms. The van der Waals surface area contributed by atoms with Crippen LogP contribution in [-0.2, 0) is 6.42 Å². The molecule has 2 aliphatic rings. The summed E-state index contributed by atoms with van der Waals surface area (Å²) in [5.41, 5.74) is 1.82. The van der Waals surface area contributed by atoms with Gasteiger partial charge in [-0.2, -0.15) is 0 Å². The lowest BCUT2D eigenvalue weighted by Gasteiger charge is -2.06. The van der Waals surface area contributed by atoms with E-state index in [4.69, 9.17) is 0 Å². The molecule has 0 bridgehead atoms. The van der Waals surface area contributed by atoms with E-state index in [-0.39, 0.29) is 11.2 Å². The molecule has 0 unspecified atom stereocenters. The Labute approximate surface area is 118 Å². The van der Waals surface area contributed by atoms with E-state index in [1.807, 2.05) is 18.2 Å². The number of nitro groups is 1. The molecule has 1 aromatic heterocycles. The molecule has 0 atom stereocenters. The van der Waals surface area contributed by atoms with Gasteiger partial charge in [0.25, 0.3) is 11.2 Å². The molecule has 0 saturated carbocycles. The van der Waals surface area contributed by atoms with E-state index in [1.165, 1.54) is 12.1 Å². The number of nitro benzene ring substituents is 1. The Balaban J connectivity index is 2.23. The molecule has 2 aliphatic carbocycles. The third kappa shape index (κ3) is 1.61. The number of hydrogen-bond donors (Lipinski definition) is 1. The fourth-order valence-electron chi connectivity index (χ4n) is 2.95. The van der Waals surface area contributed by atoms with Crippen molar-refractivity contribution < 1.29 is 4.92 Å². The van der Waals surface area contributed by atoms with Gasteiger partial charge in [0.15, 0.2) is 0 Å². The maximum Gasteiger partial charge on any atom is 0.270 e. The maximum atomic E-state index is 12.2. The number of non-ortho nitro benzene ring substituents is 1. The van der Waals surface area contributed by atoms with Crippen molar-refractivity contribution >= 4 is 17.8 Å². The van der Waals surface area contributed by atoms with Crippen molar-refractivity contribution in [3.63, 3.8) is 0 Å². The Morgan fingerprint density at radius 3 is 2.95 bits per heavy atom. The molecule has 0 amide bonds. The fourth-order valence-corrected chi connectivity index (χ4v) is 2.95. The summed E-state index contributed by atoms with van der Waals surface area (Å²) >= 11 is 0. The minimum atomic E-state index is -0.425. The summed E-state index contributed by atoms with van der Waals surface area (Å²) in [6.45, 7) is 0. The number of aromatic amines is 1. The molecule has 0 fully saturated rings. The van der Waals surface area contributed by atoms with E-state index < -0.39 is 4.92 Å². The number of allylic oxidation sites excluding steroid dienone is 2. The molecule has 102 valence electrons. The Morgan fingerprint density at radius 1 is 1.29 bits per heavy atom. The average molecular weight is 278 g/mol. The summed E-state index contributed by atoms with van der Waals surface area (Å²) in [6.07, 6.45) is 8.36. The number of nitrogens with zero attached hydrogens (tertiary/aromatic N) is 1. The van der Waals surface area contributed by atoms with Crippen molar-refractivity contribution in [2.24, 2.45) is 0 Å². The van der Waals surface area contributed by atoms with Gasteiger partial charge in [-0.3, -0.25) is 14.9 Å². The molecule has 5 nitrogen and oxygen atoms in total. The molecule has 4 rings (SSSR count). The molecular formula is C16H10N2O3. The van der Waals surface area contributed by atoms with Gasteiger partial charge in [-0.15, -0.1) is 0 Å². The van der Waals surface area contributed by atoms with E-state index in [1.54, 1.807) is 12.1 Å². The SMILES string of the molecule is O=c1[nH]c2c(c3c1=CC=CC3)C=c1ccc([N+](=O)[O-])cc1=2. The lowest BCUT2D eigenvalue weighted by Crippen LogP contribution is -2.33. The fraction of sp³-hybridized carbons (Fsp3) is 0.0625. The molecule has 5 heteroatoms. The monoisotopic (exact) mass is 278 g/mol. The van der Waals surface area contributed by atoms with Crippen LogP contribution in [0.3, 0.4) is 0 Å². The van der Waals surface area contributed by atoms with Crippen molar-refractivity contribution in [2.45, 2.75) is 6.42 Å². The molecular weight excluding hydrogens is 268 g/mol. The van der Waals surface area contributed by atoms with Crippen molar-refractivity contribution in [3.05, 3.63) is 83.0 Å².